The van der Waals surface area contributed by atoms with Crippen molar-refractivity contribution < 1.29 is 19.2 Å². The van der Waals surface area contributed by atoms with E-state index < -0.39 is 16.9 Å². The third kappa shape index (κ3) is 4.15. The number of nitro groups is 1. The number of primary amides is 2. The fourth-order valence-electron chi connectivity index (χ4n) is 1.32. The van der Waals surface area contributed by atoms with Gasteiger partial charge in [-0.15, -0.1) is 0 Å². The molecule has 0 saturated heterocycles. The molecule has 0 radical (unpaired) electrons. The highest BCUT2D eigenvalue weighted by atomic mass is 16.6. The van der Waals surface area contributed by atoms with Crippen molar-refractivity contribution >= 4 is 23.4 Å². The molecule has 0 aliphatic rings. The van der Waals surface area contributed by atoms with Gasteiger partial charge in [0.25, 0.3) is 5.69 Å². The van der Waals surface area contributed by atoms with Gasteiger partial charge in [-0.3, -0.25) is 14.9 Å². The van der Waals surface area contributed by atoms with Crippen molar-refractivity contribution in [3.05, 3.63) is 33.9 Å². The van der Waals surface area contributed by atoms with Crippen LogP contribution in [0, 0.1) is 10.1 Å². The number of benzene rings is 1. The number of amides is 2. The summed E-state index contributed by atoms with van der Waals surface area (Å²) in [5.41, 5.74) is 9.71. The van der Waals surface area contributed by atoms with Crippen LogP contribution in [-0.2, 0) is 4.74 Å². The van der Waals surface area contributed by atoms with Crippen molar-refractivity contribution in [2.45, 2.75) is 0 Å². The molecular weight excluding hydrogens is 256 g/mol. The predicted octanol–water partition coefficient (Wildman–Crippen LogP) is 0.201. The maximum atomic E-state index is 10.9. The van der Waals surface area contributed by atoms with Crippen molar-refractivity contribution in [1.29, 1.82) is 0 Å². The molecule has 0 atom stereocenters. The zero-order chi connectivity index (χ0) is 14.4. The minimum atomic E-state index is -0.930. The SMILES string of the molecule is NC(=O)OCCNc1ccc(C(N)=O)cc1[N+](=O)[O-]. The number of carbonyl (C=O) groups excluding carboxylic acids is 2. The summed E-state index contributed by atoms with van der Waals surface area (Å²) in [6, 6.07) is 3.77. The molecule has 19 heavy (non-hydrogen) atoms. The number of hydrogen-bond acceptors (Lipinski definition) is 6. The summed E-state index contributed by atoms with van der Waals surface area (Å²) < 4.78 is 4.46. The molecule has 0 aliphatic carbocycles. The Bertz CT molecular complexity index is 517. The highest BCUT2D eigenvalue weighted by Gasteiger charge is 2.16. The quantitative estimate of drug-likeness (QED) is 0.381. The van der Waals surface area contributed by atoms with Gasteiger partial charge in [0.2, 0.25) is 5.91 Å². The number of nitrogens with zero attached hydrogens (tertiary/aromatic N) is 1. The van der Waals surface area contributed by atoms with Crippen molar-refractivity contribution in [2.24, 2.45) is 11.5 Å². The fraction of sp³-hybridized carbons (Fsp3) is 0.200. The maximum Gasteiger partial charge on any atom is 0.404 e. The molecule has 0 unspecified atom stereocenters. The van der Waals surface area contributed by atoms with Gasteiger partial charge in [0, 0.05) is 18.2 Å². The Morgan fingerprint density at radius 3 is 2.58 bits per heavy atom. The molecule has 1 rings (SSSR count). The van der Waals surface area contributed by atoms with Crippen LogP contribution in [0.4, 0.5) is 16.2 Å². The first-order valence-corrected chi connectivity index (χ1v) is 5.16. The molecule has 0 spiro atoms. The lowest BCUT2D eigenvalue weighted by atomic mass is 10.1. The molecule has 0 heterocycles. The number of nitro benzene ring substituents is 1. The van der Waals surface area contributed by atoms with E-state index in [1.807, 2.05) is 0 Å². The minimum Gasteiger partial charge on any atom is -0.448 e. The topological polar surface area (TPSA) is 151 Å². The fourth-order valence-corrected chi connectivity index (χ4v) is 1.32. The third-order valence-corrected chi connectivity index (χ3v) is 2.14. The maximum absolute atomic E-state index is 10.9. The van der Waals surface area contributed by atoms with Crippen molar-refractivity contribution in [3.63, 3.8) is 0 Å². The van der Waals surface area contributed by atoms with Crippen LogP contribution in [0.15, 0.2) is 18.2 Å². The number of nitrogens with two attached hydrogens (primary N) is 2. The summed E-state index contributed by atoms with van der Waals surface area (Å²) in [5.74, 6) is -0.758. The molecule has 0 aromatic heterocycles. The molecule has 1 aromatic carbocycles. The van der Waals surface area contributed by atoms with Gasteiger partial charge in [-0.2, -0.15) is 0 Å². The zero-order valence-electron chi connectivity index (χ0n) is 9.79. The second-order valence-electron chi connectivity index (χ2n) is 3.45. The van der Waals surface area contributed by atoms with Crippen molar-refractivity contribution in [2.75, 3.05) is 18.5 Å². The Labute approximate surface area is 107 Å². The van der Waals surface area contributed by atoms with Crippen molar-refractivity contribution in [1.82, 2.24) is 0 Å². The normalized spacial score (nSPS) is 9.68. The number of nitrogens with one attached hydrogen (secondary N) is 1. The summed E-state index contributed by atoms with van der Waals surface area (Å²) in [6.07, 6.45) is -0.930. The highest BCUT2D eigenvalue weighted by Crippen LogP contribution is 2.25. The van der Waals surface area contributed by atoms with Gasteiger partial charge in [0.05, 0.1) is 4.92 Å². The second-order valence-corrected chi connectivity index (χ2v) is 3.45. The molecule has 5 N–H and O–H groups in total. The summed E-state index contributed by atoms with van der Waals surface area (Å²) >= 11 is 0. The van der Waals surface area contributed by atoms with Gasteiger partial charge in [0.15, 0.2) is 0 Å². The van der Waals surface area contributed by atoms with Gasteiger partial charge in [0.1, 0.15) is 12.3 Å². The van der Waals surface area contributed by atoms with E-state index in [0.29, 0.717) is 0 Å². The van der Waals surface area contributed by atoms with Gasteiger partial charge in [-0.05, 0) is 12.1 Å². The molecule has 2 amide bonds. The van der Waals surface area contributed by atoms with E-state index in [4.69, 9.17) is 11.5 Å². The van der Waals surface area contributed by atoms with Crippen LogP contribution in [0.5, 0.6) is 0 Å². The number of carbonyl (C=O) groups is 2. The van der Waals surface area contributed by atoms with Gasteiger partial charge < -0.3 is 21.5 Å². The van der Waals surface area contributed by atoms with Crippen LogP contribution in [0.3, 0.4) is 0 Å². The minimum absolute atomic E-state index is 0.0330. The molecule has 0 aliphatic heterocycles. The number of hydrogen-bond donors (Lipinski definition) is 3. The van der Waals surface area contributed by atoms with Crippen LogP contribution in [-0.4, -0.2) is 30.1 Å². The summed E-state index contributed by atoms with van der Waals surface area (Å²) in [5, 5.41) is 13.5. The molecule has 9 nitrogen and oxygen atoms in total. The lowest BCUT2D eigenvalue weighted by molar-refractivity contribution is -0.384. The average Bonchev–Trinajstić information content (AvgIpc) is 2.34. The first-order valence-electron chi connectivity index (χ1n) is 5.16. The third-order valence-electron chi connectivity index (χ3n) is 2.14. The predicted molar refractivity (Wildman–Crippen MR) is 65.6 cm³/mol. The van der Waals surface area contributed by atoms with Gasteiger partial charge >= 0.3 is 6.09 Å². The standard InChI is InChI=1S/C10H12N4O5/c11-9(15)6-1-2-7(8(5-6)14(17)18)13-3-4-19-10(12)16/h1-2,5,13H,3-4H2,(H2,11,15)(H2,12,16). The van der Waals surface area contributed by atoms with Gasteiger partial charge in [-0.1, -0.05) is 0 Å². The number of rotatable bonds is 6. The zero-order valence-corrected chi connectivity index (χ0v) is 9.79. The van der Waals surface area contributed by atoms with Gasteiger partial charge in [-0.25, -0.2) is 4.79 Å². The Kier molecular flexibility index (Phi) is 4.63. The number of anilines is 1. The smallest absolute Gasteiger partial charge is 0.404 e. The number of ether oxygens (including phenoxy) is 1. The van der Waals surface area contributed by atoms with E-state index in [1.54, 1.807) is 0 Å². The summed E-state index contributed by atoms with van der Waals surface area (Å²) in [7, 11) is 0. The largest absolute Gasteiger partial charge is 0.448 e. The van der Waals surface area contributed by atoms with E-state index in [0.717, 1.165) is 6.07 Å². The van der Waals surface area contributed by atoms with Crippen LogP contribution >= 0.6 is 0 Å². The second kappa shape index (κ2) is 6.19. The first kappa shape index (κ1) is 14.2. The van der Waals surface area contributed by atoms with Crippen LogP contribution < -0.4 is 16.8 Å². The van der Waals surface area contributed by atoms with Crippen LogP contribution in [0.1, 0.15) is 10.4 Å². The molecular formula is C10H12N4O5. The molecule has 0 bridgehead atoms. The van der Waals surface area contributed by atoms with E-state index in [-0.39, 0.29) is 30.1 Å². The Morgan fingerprint density at radius 1 is 1.37 bits per heavy atom. The Balaban J connectivity index is 2.79. The molecule has 0 saturated carbocycles. The lowest BCUT2D eigenvalue weighted by Crippen LogP contribution is -2.19. The van der Waals surface area contributed by atoms with Crippen molar-refractivity contribution in [3.8, 4) is 0 Å². The average molecular weight is 268 g/mol. The molecule has 0 fully saturated rings. The molecule has 102 valence electrons. The molecule has 9 heteroatoms. The van der Waals surface area contributed by atoms with E-state index >= 15 is 0 Å². The first-order chi connectivity index (χ1) is 8.91. The lowest BCUT2D eigenvalue weighted by Gasteiger charge is -2.07. The highest BCUT2D eigenvalue weighted by molar-refractivity contribution is 5.94. The molecule has 1 aromatic rings. The Hall–Kier alpha value is -2.84. The van der Waals surface area contributed by atoms with E-state index in [9.17, 15) is 19.7 Å². The Morgan fingerprint density at radius 2 is 2.05 bits per heavy atom. The van der Waals surface area contributed by atoms with Crippen LogP contribution in [0.2, 0.25) is 0 Å². The summed E-state index contributed by atoms with van der Waals surface area (Å²) in [6.45, 7) is 0.101. The van der Waals surface area contributed by atoms with Crippen LogP contribution in [0.25, 0.3) is 0 Å². The monoisotopic (exact) mass is 268 g/mol. The van der Waals surface area contributed by atoms with E-state index in [1.165, 1.54) is 12.1 Å². The summed E-state index contributed by atoms with van der Waals surface area (Å²) in [4.78, 5) is 31.4. The van der Waals surface area contributed by atoms with E-state index in [2.05, 4.69) is 10.1 Å².